The molecule has 3 aliphatic heterocycles. The average Bonchev–Trinajstić information content (AvgIpc) is 3.44. The lowest BCUT2D eigenvalue weighted by Crippen LogP contribution is -2.52. The van der Waals surface area contributed by atoms with Gasteiger partial charge in [-0.25, -0.2) is 0 Å². The minimum Gasteiger partial charge on any atom is -0.507 e. The summed E-state index contributed by atoms with van der Waals surface area (Å²) in [6, 6.07) is 12.4. The minimum atomic E-state index is -1.76. The molecule has 0 saturated carbocycles. The number of ether oxygens (including phenoxy) is 2. The normalized spacial score (nSPS) is 24.0. The highest BCUT2D eigenvalue weighted by Crippen LogP contribution is 2.53. The van der Waals surface area contributed by atoms with E-state index in [0.29, 0.717) is 29.8 Å². The maximum atomic E-state index is 14.3. The molecule has 0 aromatic heterocycles. The lowest BCUT2D eigenvalue weighted by atomic mass is 9.81. The van der Waals surface area contributed by atoms with Gasteiger partial charge in [-0.05, 0) is 43.2 Å². The number of hydrogen-bond acceptors (Lipinski definition) is 6. The predicted octanol–water partition coefficient (Wildman–Crippen LogP) is 3.38. The molecule has 8 nitrogen and oxygen atoms in total. The Balaban J connectivity index is 1.76. The number of hydrogen-bond donors (Lipinski definition) is 1. The van der Waals surface area contributed by atoms with Crippen LogP contribution in [0.5, 0.6) is 5.75 Å². The van der Waals surface area contributed by atoms with Crippen LogP contribution >= 0.6 is 0 Å². The first-order valence-corrected chi connectivity index (χ1v) is 12.4. The fourth-order valence-electron chi connectivity index (χ4n) is 5.60. The number of carbonyl (C=O) groups is 3. The van der Waals surface area contributed by atoms with Gasteiger partial charge in [0.2, 0.25) is 0 Å². The van der Waals surface area contributed by atoms with Crippen LogP contribution in [0.25, 0.3) is 5.76 Å². The van der Waals surface area contributed by atoms with Gasteiger partial charge in [-0.15, -0.1) is 0 Å². The van der Waals surface area contributed by atoms with Crippen molar-refractivity contribution in [1.29, 1.82) is 0 Å². The number of para-hydroxylation sites is 1. The van der Waals surface area contributed by atoms with Crippen molar-refractivity contribution in [2.75, 3.05) is 31.7 Å². The molecule has 0 aliphatic carbocycles. The van der Waals surface area contributed by atoms with Gasteiger partial charge in [0.25, 0.3) is 17.6 Å². The SMILES string of the molecule is CCCCN1C(=O)C2(/C(=C(/O)c3ccc4c(c3)CC(C)O4)C(=O)C(=O)N2CCOC)c2ccccc21. The quantitative estimate of drug-likeness (QED) is 0.363. The molecule has 3 aliphatic rings. The second-order valence-corrected chi connectivity index (χ2v) is 9.50. The van der Waals surface area contributed by atoms with Gasteiger partial charge in [0, 0.05) is 37.7 Å². The summed E-state index contributed by atoms with van der Waals surface area (Å²) < 4.78 is 11.0. The number of benzene rings is 2. The van der Waals surface area contributed by atoms with E-state index in [-0.39, 0.29) is 30.6 Å². The molecule has 2 unspecified atom stereocenters. The van der Waals surface area contributed by atoms with Gasteiger partial charge >= 0.3 is 0 Å². The summed E-state index contributed by atoms with van der Waals surface area (Å²) in [5, 5.41) is 11.6. The zero-order chi connectivity index (χ0) is 25.6. The second-order valence-electron chi connectivity index (χ2n) is 9.50. The van der Waals surface area contributed by atoms with Crippen LogP contribution in [0.4, 0.5) is 5.69 Å². The Morgan fingerprint density at radius 2 is 1.94 bits per heavy atom. The standard InChI is InChI=1S/C28H30N2O6/c1-4-5-12-29-21-9-7-6-8-20(21)28(27(29)34)23(25(32)26(33)30(28)13-14-35-3)24(31)18-10-11-22-19(16-18)15-17(2)36-22/h6-11,16-17,31H,4-5,12-15H2,1-3H3/b24-23+. The number of aliphatic hydroxyl groups excluding tert-OH is 1. The van der Waals surface area contributed by atoms with Gasteiger partial charge in [-0.2, -0.15) is 0 Å². The van der Waals surface area contributed by atoms with E-state index in [1.54, 1.807) is 35.2 Å². The van der Waals surface area contributed by atoms with Crippen molar-refractivity contribution in [2.24, 2.45) is 0 Å². The Hall–Kier alpha value is -3.65. The zero-order valence-electron chi connectivity index (χ0n) is 20.7. The number of anilines is 1. The van der Waals surface area contributed by atoms with Crippen LogP contribution in [0.3, 0.4) is 0 Å². The predicted molar refractivity (Wildman–Crippen MR) is 134 cm³/mol. The maximum absolute atomic E-state index is 14.3. The van der Waals surface area contributed by atoms with E-state index in [1.165, 1.54) is 12.0 Å². The van der Waals surface area contributed by atoms with E-state index in [1.807, 2.05) is 26.0 Å². The molecule has 1 saturated heterocycles. The van der Waals surface area contributed by atoms with E-state index in [9.17, 15) is 19.5 Å². The number of unbranched alkanes of at least 4 members (excludes halogenated alkanes) is 1. The molecule has 2 aromatic rings. The highest BCUT2D eigenvalue weighted by Gasteiger charge is 2.66. The lowest BCUT2D eigenvalue weighted by molar-refractivity contribution is -0.144. The summed E-state index contributed by atoms with van der Waals surface area (Å²) in [5.41, 5.74) is 0.462. The van der Waals surface area contributed by atoms with Crippen molar-refractivity contribution in [2.45, 2.75) is 44.8 Å². The van der Waals surface area contributed by atoms with Crippen molar-refractivity contribution in [3.63, 3.8) is 0 Å². The third-order valence-electron chi connectivity index (χ3n) is 7.23. The van der Waals surface area contributed by atoms with E-state index in [4.69, 9.17) is 9.47 Å². The number of aliphatic hydroxyl groups is 1. The summed E-state index contributed by atoms with van der Waals surface area (Å²) in [7, 11) is 1.49. The van der Waals surface area contributed by atoms with Crippen LogP contribution in [-0.2, 0) is 31.1 Å². The molecule has 1 spiro atoms. The Morgan fingerprint density at radius 1 is 1.17 bits per heavy atom. The molecule has 2 atom stereocenters. The van der Waals surface area contributed by atoms with Gasteiger partial charge in [0.05, 0.1) is 17.9 Å². The van der Waals surface area contributed by atoms with E-state index in [2.05, 4.69) is 0 Å². The summed E-state index contributed by atoms with van der Waals surface area (Å²) in [6.07, 6.45) is 2.29. The van der Waals surface area contributed by atoms with Crippen LogP contribution < -0.4 is 9.64 Å². The van der Waals surface area contributed by atoms with Gasteiger partial charge in [-0.3, -0.25) is 14.4 Å². The van der Waals surface area contributed by atoms with Crippen molar-refractivity contribution in [1.82, 2.24) is 4.90 Å². The molecule has 0 radical (unpaired) electrons. The molecule has 2 amide bonds. The van der Waals surface area contributed by atoms with Gasteiger partial charge in [0.15, 0.2) is 5.54 Å². The summed E-state index contributed by atoms with van der Waals surface area (Å²) >= 11 is 0. The molecule has 2 aromatic carbocycles. The van der Waals surface area contributed by atoms with Crippen LogP contribution in [0.1, 0.15) is 43.4 Å². The number of methoxy groups -OCH3 is 1. The molecule has 188 valence electrons. The van der Waals surface area contributed by atoms with Gasteiger partial charge < -0.3 is 24.4 Å². The number of amides is 2. The fourth-order valence-corrected chi connectivity index (χ4v) is 5.60. The van der Waals surface area contributed by atoms with Crippen molar-refractivity contribution in [3.8, 4) is 5.75 Å². The van der Waals surface area contributed by atoms with E-state index in [0.717, 1.165) is 24.2 Å². The monoisotopic (exact) mass is 490 g/mol. The summed E-state index contributed by atoms with van der Waals surface area (Å²) in [5.74, 6) is -1.76. The molecular formula is C28H30N2O6. The Kier molecular flexibility index (Phi) is 6.08. The first-order valence-electron chi connectivity index (χ1n) is 12.4. The molecule has 1 N–H and O–H groups in total. The third-order valence-corrected chi connectivity index (χ3v) is 7.23. The van der Waals surface area contributed by atoms with Crippen molar-refractivity contribution >= 4 is 29.0 Å². The first-order chi connectivity index (χ1) is 17.4. The van der Waals surface area contributed by atoms with Crippen LogP contribution in [0.15, 0.2) is 48.0 Å². The molecular weight excluding hydrogens is 460 g/mol. The number of likely N-dealkylation sites (tertiary alicyclic amines) is 1. The number of carbonyl (C=O) groups excluding carboxylic acids is 3. The van der Waals surface area contributed by atoms with Crippen LogP contribution in [0, 0.1) is 0 Å². The molecule has 5 rings (SSSR count). The molecule has 36 heavy (non-hydrogen) atoms. The number of ketones is 1. The Bertz CT molecular complexity index is 1280. The number of Topliss-reactive ketones (excluding diaryl/α,β-unsaturated/α-hetero) is 1. The largest absolute Gasteiger partial charge is 0.507 e. The van der Waals surface area contributed by atoms with Crippen molar-refractivity contribution in [3.05, 3.63) is 64.7 Å². The average molecular weight is 491 g/mol. The van der Waals surface area contributed by atoms with Crippen LogP contribution in [-0.4, -0.2) is 60.5 Å². The maximum Gasteiger partial charge on any atom is 0.296 e. The van der Waals surface area contributed by atoms with E-state index >= 15 is 0 Å². The molecule has 3 heterocycles. The smallest absolute Gasteiger partial charge is 0.296 e. The van der Waals surface area contributed by atoms with E-state index < -0.39 is 23.1 Å². The highest BCUT2D eigenvalue weighted by molar-refractivity contribution is 6.50. The molecule has 0 bridgehead atoms. The highest BCUT2D eigenvalue weighted by atomic mass is 16.5. The zero-order valence-corrected chi connectivity index (χ0v) is 20.7. The first kappa shape index (κ1) is 24.1. The summed E-state index contributed by atoms with van der Waals surface area (Å²) in [6.45, 7) is 4.59. The number of nitrogens with zero attached hydrogens (tertiary/aromatic N) is 2. The Morgan fingerprint density at radius 3 is 2.69 bits per heavy atom. The van der Waals surface area contributed by atoms with Crippen molar-refractivity contribution < 1.29 is 29.0 Å². The summed E-state index contributed by atoms with van der Waals surface area (Å²) in [4.78, 5) is 44.2. The minimum absolute atomic E-state index is 0.00558. The lowest BCUT2D eigenvalue weighted by Gasteiger charge is -2.34. The topological polar surface area (TPSA) is 96.4 Å². The van der Waals surface area contributed by atoms with Gasteiger partial charge in [-0.1, -0.05) is 31.5 Å². The van der Waals surface area contributed by atoms with Gasteiger partial charge in [0.1, 0.15) is 17.6 Å². The van der Waals surface area contributed by atoms with Crippen LogP contribution in [0.2, 0.25) is 0 Å². The third kappa shape index (κ3) is 3.35. The fraction of sp³-hybridized carbons (Fsp3) is 0.393. The molecule has 8 heteroatoms. The molecule has 1 fully saturated rings. The number of fused-ring (bicyclic) bond motifs is 3. The second kappa shape index (κ2) is 9.09. The number of rotatable bonds is 7. The Labute approximate surface area is 210 Å².